The highest BCUT2D eigenvalue weighted by Crippen LogP contribution is 2.34. The predicted octanol–water partition coefficient (Wildman–Crippen LogP) is 1.16. The molecule has 0 radical (unpaired) electrons. The summed E-state index contributed by atoms with van der Waals surface area (Å²) in [5.74, 6) is 0.890. The lowest BCUT2D eigenvalue weighted by Crippen LogP contribution is -2.40. The summed E-state index contributed by atoms with van der Waals surface area (Å²) < 4.78 is 37.2. The summed E-state index contributed by atoms with van der Waals surface area (Å²) in [7, 11) is -0.603. The van der Waals surface area contributed by atoms with Crippen LogP contribution in [0, 0.1) is 6.92 Å². The van der Waals surface area contributed by atoms with Gasteiger partial charge >= 0.3 is 0 Å². The number of aliphatic hydroxyl groups is 1. The summed E-state index contributed by atoms with van der Waals surface area (Å²) in [5, 5.41) is 9.51. The maximum Gasteiger partial charge on any atom is 0.243 e. The van der Waals surface area contributed by atoms with Crippen molar-refractivity contribution in [2.24, 2.45) is 0 Å². The van der Waals surface area contributed by atoms with Gasteiger partial charge in [-0.3, -0.25) is 0 Å². The number of methoxy groups -OCH3 is 2. The molecule has 0 amide bonds. The van der Waals surface area contributed by atoms with Crippen molar-refractivity contribution < 1.29 is 23.0 Å². The fourth-order valence-corrected chi connectivity index (χ4v) is 4.15. The molecule has 0 spiro atoms. The van der Waals surface area contributed by atoms with Gasteiger partial charge < -0.3 is 14.6 Å². The Hall–Kier alpha value is -1.31. The minimum Gasteiger partial charge on any atom is -0.493 e. The molecular formula is C14H21NO5S. The Morgan fingerprint density at radius 1 is 1.14 bits per heavy atom. The predicted molar refractivity (Wildman–Crippen MR) is 78.3 cm³/mol. The maximum absolute atomic E-state index is 12.7. The minimum absolute atomic E-state index is 0.219. The van der Waals surface area contributed by atoms with Crippen molar-refractivity contribution in [3.63, 3.8) is 0 Å². The molecule has 0 saturated carbocycles. The number of nitrogens with zero attached hydrogens (tertiary/aromatic N) is 1. The molecule has 1 heterocycles. The van der Waals surface area contributed by atoms with Gasteiger partial charge in [0.05, 0.1) is 25.2 Å². The highest BCUT2D eigenvalue weighted by molar-refractivity contribution is 7.89. The summed E-state index contributed by atoms with van der Waals surface area (Å²) in [6.45, 7) is 2.39. The molecule has 21 heavy (non-hydrogen) atoms. The van der Waals surface area contributed by atoms with Crippen LogP contribution in [-0.2, 0) is 10.0 Å². The van der Waals surface area contributed by atoms with Crippen LogP contribution in [0.2, 0.25) is 0 Å². The zero-order valence-corrected chi connectivity index (χ0v) is 13.3. The lowest BCUT2D eigenvalue weighted by atomic mass is 10.1. The Labute approximate surface area is 125 Å². The van der Waals surface area contributed by atoms with E-state index in [1.54, 1.807) is 13.0 Å². The van der Waals surface area contributed by atoms with E-state index in [2.05, 4.69) is 0 Å². The quantitative estimate of drug-likeness (QED) is 0.902. The van der Waals surface area contributed by atoms with Crippen LogP contribution in [0.3, 0.4) is 0 Å². The van der Waals surface area contributed by atoms with Gasteiger partial charge in [0, 0.05) is 19.2 Å². The van der Waals surface area contributed by atoms with E-state index in [1.807, 2.05) is 0 Å². The van der Waals surface area contributed by atoms with Gasteiger partial charge in [0.25, 0.3) is 0 Å². The number of ether oxygens (including phenoxy) is 2. The Morgan fingerprint density at radius 2 is 1.67 bits per heavy atom. The van der Waals surface area contributed by atoms with Gasteiger partial charge in [0.2, 0.25) is 10.0 Å². The van der Waals surface area contributed by atoms with Crippen LogP contribution >= 0.6 is 0 Å². The number of sulfonamides is 1. The molecule has 1 N–H and O–H groups in total. The van der Waals surface area contributed by atoms with Crippen LogP contribution in [0.15, 0.2) is 17.0 Å². The van der Waals surface area contributed by atoms with Gasteiger partial charge in [-0.15, -0.1) is 0 Å². The first-order valence-electron chi connectivity index (χ1n) is 6.81. The molecule has 0 bridgehead atoms. The van der Waals surface area contributed by atoms with Crippen molar-refractivity contribution in [1.82, 2.24) is 4.31 Å². The zero-order valence-electron chi connectivity index (χ0n) is 12.5. The monoisotopic (exact) mass is 315 g/mol. The van der Waals surface area contributed by atoms with E-state index in [0.29, 0.717) is 43.0 Å². The lowest BCUT2D eigenvalue weighted by Gasteiger charge is -2.29. The van der Waals surface area contributed by atoms with Gasteiger partial charge in [-0.1, -0.05) is 0 Å². The van der Waals surface area contributed by atoms with Crippen LogP contribution < -0.4 is 9.47 Å². The standard InChI is InChI=1S/C14H21NO5S/c1-10-8-12(19-2)13(20-3)9-14(10)21(17,18)15-6-4-11(16)5-7-15/h8-9,11,16H,4-7H2,1-3H3. The van der Waals surface area contributed by atoms with Gasteiger partial charge in [-0.2, -0.15) is 4.31 Å². The highest BCUT2D eigenvalue weighted by Gasteiger charge is 2.30. The van der Waals surface area contributed by atoms with Crippen molar-refractivity contribution >= 4 is 10.0 Å². The number of aryl methyl sites for hydroxylation is 1. The van der Waals surface area contributed by atoms with E-state index in [4.69, 9.17) is 9.47 Å². The first kappa shape index (κ1) is 16.1. The van der Waals surface area contributed by atoms with E-state index in [0.717, 1.165) is 0 Å². The Kier molecular flexibility index (Phi) is 4.75. The molecule has 0 aromatic heterocycles. The Bertz CT molecular complexity index is 606. The summed E-state index contributed by atoms with van der Waals surface area (Å²) in [5.41, 5.74) is 0.610. The van der Waals surface area contributed by atoms with Crippen LogP contribution in [-0.4, -0.2) is 51.2 Å². The molecule has 1 aromatic rings. The van der Waals surface area contributed by atoms with E-state index >= 15 is 0 Å². The van der Waals surface area contributed by atoms with Crippen molar-refractivity contribution in [2.75, 3.05) is 27.3 Å². The van der Waals surface area contributed by atoms with E-state index in [9.17, 15) is 13.5 Å². The molecule has 0 unspecified atom stereocenters. The molecule has 1 aliphatic rings. The largest absolute Gasteiger partial charge is 0.493 e. The SMILES string of the molecule is COc1cc(C)c(S(=O)(=O)N2CCC(O)CC2)cc1OC. The van der Waals surface area contributed by atoms with Crippen molar-refractivity contribution in [3.8, 4) is 11.5 Å². The van der Waals surface area contributed by atoms with Crippen LogP contribution in [0.1, 0.15) is 18.4 Å². The number of aliphatic hydroxyl groups excluding tert-OH is 1. The number of hydrogen-bond donors (Lipinski definition) is 1. The summed E-state index contributed by atoms with van der Waals surface area (Å²) >= 11 is 0. The van der Waals surface area contributed by atoms with Gasteiger partial charge in [-0.25, -0.2) is 8.42 Å². The normalized spacial score (nSPS) is 17.7. The second-order valence-electron chi connectivity index (χ2n) is 5.11. The first-order chi connectivity index (χ1) is 9.90. The van der Waals surface area contributed by atoms with Gasteiger partial charge in [0.15, 0.2) is 11.5 Å². The molecule has 1 fully saturated rings. The Balaban J connectivity index is 2.40. The summed E-state index contributed by atoms with van der Waals surface area (Å²) in [6.07, 6.45) is 0.514. The van der Waals surface area contributed by atoms with Crippen LogP contribution in [0.25, 0.3) is 0 Å². The number of benzene rings is 1. The van der Waals surface area contributed by atoms with Crippen molar-refractivity contribution in [1.29, 1.82) is 0 Å². The fourth-order valence-electron chi connectivity index (χ4n) is 2.46. The van der Waals surface area contributed by atoms with Crippen molar-refractivity contribution in [2.45, 2.75) is 30.8 Å². The summed E-state index contributed by atoms with van der Waals surface area (Å²) in [6, 6.07) is 3.15. The molecule has 0 atom stereocenters. The van der Waals surface area contributed by atoms with Crippen LogP contribution in [0.5, 0.6) is 11.5 Å². The third-order valence-corrected chi connectivity index (χ3v) is 5.76. The third-order valence-electron chi connectivity index (χ3n) is 3.72. The molecule has 0 aliphatic carbocycles. The number of rotatable bonds is 4. The molecule has 1 saturated heterocycles. The average Bonchev–Trinajstić information content (AvgIpc) is 2.47. The number of hydrogen-bond acceptors (Lipinski definition) is 5. The molecule has 7 heteroatoms. The van der Waals surface area contributed by atoms with Gasteiger partial charge in [0.1, 0.15) is 0 Å². The van der Waals surface area contributed by atoms with Crippen LogP contribution in [0.4, 0.5) is 0 Å². The first-order valence-corrected chi connectivity index (χ1v) is 8.25. The smallest absolute Gasteiger partial charge is 0.243 e. The van der Waals surface area contributed by atoms with E-state index in [1.165, 1.54) is 24.6 Å². The van der Waals surface area contributed by atoms with Gasteiger partial charge in [-0.05, 0) is 31.4 Å². The molecule has 1 aromatic carbocycles. The molecule has 1 aliphatic heterocycles. The molecule has 2 rings (SSSR count). The fraction of sp³-hybridized carbons (Fsp3) is 0.571. The second-order valence-corrected chi connectivity index (χ2v) is 7.01. The topological polar surface area (TPSA) is 76.1 Å². The summed E-state index contributed by atoms with van der Waals surface area (Å²) in [4.78, 5) is 0.219. The highest BCUT2D eigenvalue weighted by atomic mass is 32.2. The number of piperidine rings is 1. The zero-order chi connectivity index (χ0) is 15.6. The minimum atomic E-state index is -3.59. The van der Waals surface area contributed by atoms with Crippen molar-refractivity contribution in [3.05, 3.63) is 17.7 Å². The second kappa shape index (κ2) is 6.21. The van der Waals surface area contributed by atoms with E-state index in [-0.39, 0.29) is 4.90 Å². The molecule has 6 nitrogen and oxygen atoms in total. The third kappa shape index (κ3) is 3.14. The lowest BCUT2D eigenvalue weighted by molar-refractivity contribution is 0.113. The maximum atomic E-state index is 12.7. The average molecular weight is 315 g/mol. The molecular weight excluding hydrogens is 294 g/mol. The molecule has 118 valence electrons. The Morgan fingerprint density at radius 3 is 2.19 bits per heavy atom. The van der Waals surface area contributed by atoms with E-state index < -0.39 is 16.1 Å².